The largest absolute Gasteiger partial charge is 0.366 e. The molecule has 3 aliphatic rings. The van der Waals surface area contributed by atoms with Gasteiger partial charge in [0.25, 0.3) is 5.91 Å². The number of hydrogen-bond acceptors (Lipinski definition) is 4. The fourth-order valence-electron chi connectivity index (χ4n) is 3.94. The van der Waals surface area contributed by atoms with E-state index >= 15 is 0 Å². The van der Waals surface area contributed by atoms with Crippen LogP contribution >= 0.6 is 0 Å². The van der Waals surface area contributed by atoms with Crippen molar-refractivity contribution in [2.75, 3.05) is 39.3 Å². The molecule has 6 nitrogen and oxygen atoms in total. The fraction of sp³-hybridized carbons (Fsp3) is 0.882. The van der Waals surface area contributed by atoms with Gasteiger partial charge in [-0.25, -0.2) is 0 Å². The van der Waals surface area contributed by atoms with Crippen LogP contribution in [0.5, 0.6) is 0 Å². The monoisotopic (exact) mass is 323 g/mol. The average molecular weight is 323 g/mol. The van der Waals surface area contributed by atoms with Gasteiger partial charge in [-0.05, 0) is 33.1 Å². The minimum absolute atomic E-state index is 0.126. The van der Waals surface area contributed by atoms with E-state index in [-0.39, 0.29) is 17.9 Å². The molecule has 0 aliphatic carbocycles. The molecule has 0 aromatic carbocycles. The molecule has 0 unspecified atom stereocenters. The fourth-order valence-corrected chi connectivity index (χ4v) is 3.94. The molecule has 3 fully saturated rings. The van der Waals surface area contributed by atoms with Gasteiger partial charge in [0.1, 0.15) is 6.10 Å². The first-order valence-corrected chi connectivity index (χ1v) is 9.00. The van der Waals surface area contributed by atoms with Gasteiger partial charge in [0.05, 0.1) is 6.61 Å². The summed E-state index contributed by atoms with van der Waals surface area (Å²) in [4.78, 5) is 30.8. The van der Waals surface area contributed by atoms with E-state index in [1.807, 2.05) is 9.80 Å². The Hall–Kier alpha value is -1.14. The van der Waals surface area contributed by atoms with Gasteiger partial charge in [-0.1, -0.05) is 0 Å². The van der Waals surface area contributed by atoms with Crippen molar-refractivity contribution >= 4 is 11.8 Å². The summed E-state index contributed by atoms with van der Waals surface area (Å²) in [5.74, 6) is 0.416. The van der Waals surface area contributed by atoms with Crippen molar-refractivity contribution in [3.63, 3.8) is 0 Å². The van der Waals surface area contributed by atoms with Crippen LogP contribution in [0.15, 0.2) is 0 Å². The van der Waals surface area contributed by atoms with E-state index in [1.165, 1.54) is 0 Å². The van der Waals surface area contributed by atoms with Gasteiger partial charge in [0.15, 0.2) is 0 Å². The number of likely N-dealkylation sites (tertiary alicyclic amines) is 2. The molecule has 3 rings (SSSR count). The summed E-state index contributed by atoms with van der Waals surface area (Å²) in [6.07, 6.45) is 3.16. The van der Waals surface area contributed by atoms with Crippen LogP contribution in [0.3, 0.4) is 0 Å². The maximum atomic E-state index is 12.7. The van der Waals surface area contributed by atoms with Crippen molar-refractivity contribution in [1.82, 2.24) is 14.7 Å². The van der Waals surface area contributed by atoms with Gasteiger partial charge in [-0.15, -0.1) is 0 Å². The highest BCUT2D eigenvalue weighted by atomic mass is 16.5. The quantitative estimate of drug-likeness (QED) is 0.767. The Bertz CT molecular complexity index is 446. The van der Waals surface area contributed by atoms with Gasteiger partial charge in [-0.3, -0.25) is 14.5 Å². The second-order valence-corrected chi connectivity index (χ2v) is 7.20. The van der Waals surface area contributed by atoms with E-state index in [2.05, 4.69) is 18.7 Å². The Kier molecular flexibility index (Phi) is 5.21. The summed E-state index contributed by atoms with van der Waals surface area (Å²) in [5, 5.41) is 0. The number of ether oxygens (including phenoxy) is 1. The molecule has 0 aromatic rings. The molecule has 3 saturated heterocycles. The van der Waals surface area contributed by atoms with Crippen molar-refractivity contribution < 1.29 is 14.3 Å². The van der Waals surface area contributed by atoms with Crippen LogP contribution in [-0.2, 0) is 14.3 Å². The Morgan fingerprint density at radius 2 is 1.91 bits per heavy atom. The summed E-state index contributed by atoms with van der Waals surface area (Å²) in [6, 6.07) is 0.773. The molecule has 0 N–H and O–H groups in total. The van der Waals surface area contributed by atoms with Crippen molar-refractivity contribution in [2.45, 2.75) is 57.7 Å². The lowest BCUT2D eigenvalue weighted by atomic mass is 10.0. The molecule has 0 saturated carbocycles. The Labute approximate surface area is 138 Å². The van der Waals surface area contributed by atoms with Crippen molar-refractivity contribution in [3.8, 4) is 0 Å². The van der Waals surface area contributed by atoms with Crippen LogP contribution in [0, 0.1) is 0 Å². The predicted molar refractivity (Wildman–Crippen MR) is 87.0 cm³/mol. The van der Waals surface area contributed by atoms with E-state index in [0.717, 1.165) is 45.4 Å². The molecule has 0 radical (unpaired) electrons. The summed E-state index contributed by atoms with van der Waals surface area (Å²) >= 11 is 0. The average Bonchev–Trinajstić information content (AvgIpc) is 3.00. The topological polar surface area (TPSA) is 53.1 Å². The van der Waals surface area contributed by atoms with E-state index in [4.69, 9.17) is 4.74 Å². The maximum absolute atomic E-state index is 12.7. The number of nitrogens with zero attached hydrogens (tertiary/aromatic N) is 3. The van der Waals surface area contributed by atoms with Crippen LogP contribution in [-0.4, -0.2) is 84.0 Å². The van der Waals surface area contributed by atoms with Crippen LogP contribution < -0.4 is 0 Å². The minimum atomic E-state index is -0.323. The summed E-state index contributed by atoms with van der Waals surface area (Å²) in [5.41, 5.74) is 0. The summed E-state index contributed by atoms with van der Waals surface area (Å²) < 4.78 is 5.72. The van der Waals surface area contributed by atoms with Gasteiger partial charge in [0.2, 0.25) is 5.91 Å². The first kappa shape index (κ1) is 16.7. The first-order chi connectivity index (χ1) is 11.1. The number of rotatable bonds is 3. The Morgan fingerprint density at radius 1 is 1.17 bits per heavy atom. The van der Waals surface area contributed by atoms with Crippen LogP contribution in [0.1, 0.15) is 39.5 Å². The lowest BCUT2D eigenvalue weighted by molar-refractivity contribution is -0.152. The lowest BCUT2D eigenvalue weighted by Gasteiger charge is -2.40. The molecule has 3 aliphatic heterocycles. The first-order valence-electron chi connectivity index (χ1n) is 9.00. The predicted octanol–water partition coefficient (Wildman–Crippen LogP) is 0.709. The molecule has 2 amide bonds. The highest BCUT2D eigenvalue weighted by Crippen LogP contribution is 2.23. The number of carbonyl (C=O) groups excluding carboxylic acids is 2. The minimum Gasteiger partial charge on any atom is -0.366 e. The second-order valence-electron chi connectivity index (χ2n) is 7.20. The SMILES string of the molecule is CC(C)N1CCO[C@@H](C(=O)N2CCC(N3CCCC3=O)CC2)C1. The third-order valence-electron chi connectivity index (χ3n) is 5.43. The zero-order valence-corrected chi connectivity index (χ0v) is 14.4. The third kappa shape index (κ3) is 3.69. The van der Waals surface area contributed by atoms with Crippen LogP contribution in [0.25, 0.3) is 0 Å². The molecule has 130 valence electrons. The van der Waals surface area contributed by atoms with Gasteiger partial charge < -0.3 is 14.5 Å². The number of hydrogen-bond donors (Lipinski definition) is 0. The van der Waals surface area contributed by atoms with E-state index in [1.54, 1.807) is 0 Å². The Morgan fingerprint density at radius 3 is 2.52 bits per heavy atom. The molecule has 0 aromatic heterocycles. The standard InChI is InChI=1S/C17H29N3O3/c1-13(2)19-10-11-23-15(12-19)17(22)18-8-5-14(6-9-18)20-7-3-4-16(20)21/h13-15H,3-12H2,1-2H3/t15-/m1/s1. The van der Waals surface area contributed by atoms with Gasteiger partial charge in [-0.2, -0.15) is 0 Å². The van der Waals surface area contributed by atoms with Crippen molar-refractivity contribution in [2.24, 2.45) is 0 Å². The molecule has 0 bridgehead atoms. The van der Waals surface area contributed by atoms with Gasteiger partial charge >= 0.3 is 0 Å². The van der Waals surface area contributed by atoms with Crippen molar-refractivity contribution in [1.29, 1.82) is 0 Å². The second kappa shape index (κ2) is 7.18. The third-order valence-corrected chi connectivity index (χ3v) is 5.43. The maximum Gasteiger partial charge on any atom is 0.253 e. The highest BCUT2D eigenvalue weighted by molar-refractivity contribution is 5.81. The summed E-state index contributed by atoms with van der Waals surface area (Å²) in [7, 11) is 0. The molecular weight excluding hydrogens is 294 g/mol. The van der Waals surface area contributed by atoms with E-state index in [0.29, 0.717) is 31.7 Å². The number of piperidine rings is 1. The number of amides is 2. The van der Waals surface area contributed by atoms with E-state index in [9.17, 15) is 9.59 Å². The molecule has 3 heterocycles. The number of morpholine rings is 1. The van der Waals surface area contributed by atoms with Crippen LogP contribution in [0.2, 0.25) is 0 Å². The number of carbonyl (C=O) groups is 2. The molecule has 1 atom stereocenters. The molecular formula is C17H29N3O3. The molecule has 23 heavy (non-hydrogen) atoms. The zero-order valence-electron chi connectivity index (χ0n) is 14.4. The van der Waals surface area contributed by atoms with Crippen LogP contribution in [0.4, 0.5) is 0 Å². The normalized spacial score (nSPS) is 28.0. The highest BCUT2D eigenvalue weighted by Gasteiger charge is 2.35. The van der Waals surface area contributed by atoms with Gasteiger partial charge in [0, 0.05) is 51.2 Å². The molecule has 6 heteroatoms. The summed E-state index contributed by atoms with van der Waals surface area (Å²) in [6.45, 7) is 8.93. The van der Waals surface area contributed by atoms with Crippen molar-refractivity contribution in [3.05, 3.63) is 0 Å². The van der Waals surface area contributed by atoms with E-state index < -0.39 is 0 Å². The molecule has 0 spiro atoms. The Balaban J connectivity index is 1.51. The zero-order chi connectivity index (χ0) is 16.4. The lowest BCUT2D eigenvalue weighted by Crippen LogP contribution is -2.55. The smallest absolute Gasteiger partial charge is 0.253 e.